The van der Waals surface area contributed by atoms with E-state index in [4.69, 9.17) is 15.8 Å². The Morgan fingerprint density at radius 2 is 1.89 bits per heavy atom. The van der Waals surface area contributed by atoms with Crippen LogP contribution in [0, 0.1) is 11.8 Å². The van der Waals surface area contributed by atoms with Gasteiger partial charge < -0.3 is 20.9 Å². The summed E-state index contributed by atoms with van der Waals surface area (Å²) in [5.74, 6) is -3.98. The van der Waals surface area contributed by atoms with E-state index in [-0.39, 0.29) is 45.1 Å². The van der Waals surface area contributed by atoms with E-state index in [0.717, 1.165) is 8.61 Å². The third-order valence-electron chi connectivity index (χ3n) is 5.50. The van der Waals surface area contributed by atoms with Crippen LogP contribution in [-0.4, -0.2) is 83.2 Å². The molecule has 162 valence electrons. The number of aliphatic carboxylic acids is 1. The maximum absolute atomic E-state index is 13.0. The molecule has 0 spiro atoms. The summed E-state index contributed by atoms with van der Waals surface area (Å²) in [6, 6.07) is 0. The van der Waals surface area contributed by atoms with E-state index in [1.807, 2.05) is 0 Å². The van der Waals surface area contributed by atoms with Crippen LogP contribution in [0.25, 0.3) is 0 Å². The molecule has 0 amide bonds. The van der Waals surface area contributed by atoms with E-state index in [1.54, 1.807) is 0 Å². The first-order chi connectivity index (χ1) is 12.8. The number of halogens is 3. The van der Waals surface area contributed by atoms with Gasteiger partial charge in [0.15, 0.2) is 0 Å². The minimum absolute atomic E-state index is 0.0294. The van der Waals surface area contributed by atoms with E-state index in [9.17, 15) is 31.5 Å². The molecule has 0 radical (unpaired) electrons. The Labute approximate surface area is 161 Å². The first kappa shape index (κ1) is 23.4. The molecule has 0 bridgehead atoms. The van der Waals surface area contributed by atoms with Crippen molar-refractivity contribution in [2.45, 2.75) is 43.7 Å². The number of piperidine rings is 1. The number of hydrogen-bond donors (Lipinski definition) is 4. The van der Waals surface area contributed by atoms with E-state index >= 15 is 0 Å². The van der Waals surface area contributed by atoms with Gasteiger partial charge in [-0.1, -0.05) is 6.42 Å². The Morgan fingerprint density at radius 1 is 1.25 bits per heavy atom. The number of alkyl halides is 3. The molecule has 0 aromatic rings. The molecular formula is C14H25BF3N3O6S. The second-order valence-electron chi connectivity index (χ2n) is 7.49. The fourth-order valence-corrected chi connectivity index (χ4v) is 5.59. The van der Waals surface area contributed by atoms with Gasteiger partial charge in [0.25, 0.3) is 10.2 Å². The number of nitrogens with zero attached hydrogens (tertiary/aromatic N) is 2. The highest BCUT2D eigenvalue weighted by atomic mass is 32.2. The summed E-state index contributed by atoms with van der Waals surface area (Å²) < 4.78 is 66.3. The van der Waals surface area contributed by atoms with Crippen molar-refractivity contribution in [1.29, 1.82) is 0 Å². The van der Waals surface area contributed by atoms with Gasteiger partial charge in [0.1, 0.15) is 5.54 Å². The van der Waals surface area contributed by atoms with Crippen molar-refractivity contribution in [2.75, 3.05) is 26.2 Å². The second kappa shape index (κ2) is 8.44. The van der Waals surface area contributed by atoms with E-state index in [1.165, 1.54) is 0 Å². The lowest BCUT2D eigenvalue weighted by molar-refractivity contribution is -0.182. The maximum atomic E-state index is 13.0. The summed E-state index contributed by atoms with van der Waals surface area (Å²) in [4.78, 5) is 11.7. The average Bonchev–Trinajstić information content (AvgIpc) is 2.93. The second-order valence-corrected chi connectivity index (χ2v) is 9.42. The number of carboxylic acid groups (broad SMARTS) is 1. The predicted octanol–water partition coefficient (Wildman–Crippen LogP) is -0.528. The number of carboxylic acids is 1. The molecule has 2 rings (SSSR count). The Hall–Kier alpha value is -0.925. The van der Waals surface area contributed by atoms with Crippen molar-refractivity contribution >= 4 is 23.3 Å². The zero-order valence-corrected chi connectivity index (χ0v) is 16.0. The number of nitrogens with two attached hydrogens (primary N) is 1. The van der Waals surface area contributed by atoms with Crippen LogP contribution in [0.1, 0.15) is 25.7 Å². The summed E-state index contributed by atoms with van der Waals surface area (Å²) in [5.41, 5.74) is 4.05. The van der Waals surface area contributed by atoms with Crippen LogP contribution in [0.4, 0.5) is 13.2 Å². The van der Waals surface area contributed by atoms with Gasteiger partial charge in [-0.05, 0) is 25.6 Å². The molecule has 2 fully saturated rings. The van der Waals surface area contributed by atoms with Gasteiger partial charge in [-0.3, -0.25) is 4.79 Å². The Morgan fingerprint density at radius 3 is 2.43 bits per heavy atom. The summed E-state index contributed by atoms with van der Waals surface area (Å²) in [7, 11) is -5.89. The molecule has 0 aromatic carbocycles. The highest BCUT2D eigenvalue weighted by molar-refractivity contribution is 7.86. The molecule has 2 heterocycles. The SMILES string of the molecule is N[C@@]1(C(=O)O)CN(S(=O)(=O)N2CCCC(C(F)(F)F)C2)C[C@@H]1CCCB(O)O. The molecule has 3 atom stereocenters. The third-order valence-corrected chi connectivity index (χ3v) is 7.42. The largest absolute Gasteiger partial charge is 0.480 e. The van der Waals surface area contributed by atoms with Crippen molar-refractivity contribution in [3.05, 3.63) is 0 Å². The Bertz CT molecular complexity index is 680. The quantitative estimate of drug-likeness (QED) is 0.397. The van der Waals surface area contributed by atoms with Gasteiger partial charge in [-0.15, -0.1) is 0 Å². The monoisotopic (exact) mass is 431 g/mol. The standard InChI is InChI=1S/C14H25BF3N3O6S/c16-14(17,18)11-4-2-6-20(8-11)28(26,27)21-7-10(3-1-5-15(24)25)13(19,9-21)12(22)23/h10-11,24-25H,1-9,19H2,(H,22,23)/t10-,11?,13-/m0/s1. The molecular weight excluding hydrogens is 406 g/mol. The third kappa shape index (κ3) is 4.97. The summed E-state index contributed by atoms with van der Waals surface area (Å²) in [6.45, 7) is -1.57. The Balaban J connectivity index is 2.16. The topological polar surface area (TPSA) is 144 Å². The van der Waals surface area contributed by atoms with E-state index in [2.05, 4.69) is 0 Å². The summed E-state index contributed by atoms with van der Waals surface area (Å²) in [5, 5.41) is 27.3. The molecule has 2 aliphatic heterocycles. The average molecular weight is 431 g/mol. The van der Waals surface area contributed by atoms with Crippen molar-refractivity contribution < 1.29 is 41.5 Å². The normalized spacial score (nSPS) is 30.5. The van der Waals surface area contributed by atoms with Gasteiger partial charge in [0, 0.05) is 32.1 Å². The molecule has 14 heteroatoms. The van der Waals surface area contributed by atoms with Crippen LogP contribution >= 0.6 is 0 Å². The van der Waals surface area contributed by atoms with Gasteiger partial charge in [0.2, 0.25) is 0 Å². The zero-order valence-electron chi connectivity index (χ0n) is 15.2. The molecule has 0 aromatic heterocycles. The lowest BCUT2D eigenvalue weighted by Gasteiger charge is -2.35. The molecule has 0 aliphatic carbocycles. The van der Waals surface area contributed by atoms with Crippen LogP contribution in [0.5, 0.6) is 0 Å². The molecule has 28 heavy (non-hydrogen) atoms. The fraction of sp³-hybridized carbons (Fsp3) is 0.929. The van der Waals surface area contributed by atoms with Gasteiger partial charge in [-0.2, -0.15) is 30.2 Å². The van der Waals surface area contributed by atoms with Crippen LogP contribution in [0.3, 0.4) is 0 Å². The van der Waals surface area contributed by atoms with Gasteiger partial charge >= 0.3 is 19.3 Å². The Kier molecular flexibility index (Phi) is 7.04. The molecule has 1 unspecified atom stereocenters. The molecule has 2 saturated heterocycles. The minimum atomic E-state index is -4.51. The lowest BCUT2D eigenvalue weighted by atomic mass is 9.78. The van der Waals surface area contributed by atoms with Crippen molar-refractivity contribution in [2.24, 2.45) is 17.6 Å². The van der Waals surface area contributed by atoms with Gasteiger partial charge in [-0.25, -0.2) is 0 Å². The van der Waals surface area contributed by atoms with Gasteiger partial charge in [0.05, 0.1) is 5.92 Å². The highest BCUT2D eigenvalue weighted by Gasteiger charge is 2.54. The lowest BCUT2D eigenvalue weighted by Crippen LogP contribution is -2.56. The minimum Gasteiger partial charge on any atom is -0.480 e. The summed E-state index contributed by atoms with van der Waals surface area (Å²) in [6.07, 6.45) is -4.29. The van der Waals surface area contributed by atoms with Crippen LogP contribution in [-0.2, 0) is 15.0 Å². The number of carbonyl (C=O) groups is 1. The molecule has 9 nitrogen and oxygen atoms in total. The first-order valence-electron chi connectivity index (χ1n) is 8.99. The highest BCUT2D eigenvalue weighted by Crippen LogP contribution is 2.37. The summed E-state index contributed by atoms with van der Waals surface area (Å²) >= 11 is 0. The van der Waals surface area contributed by atoms with E-state index < -0.39 is 59.9 Å². The molecule has 2 aliphatic rings. The first-order valence-corrected chi connectivity index (χ1v) is 10.4. The van der Waals surface area contributed by atoms with Crippen LogP contribution < -0.4 is 5.73 Å². The fourth-order valence-electron chi connectivity index (χ4n) is 3.79. The zero-order chi connectivity index (χ0) is 21.3. The smallest absolute Gasteiger partial charge is 0.451 e. The van der Waals surface area contributed by atoms with Crippen LogP contribution in [0.15, 0.2) is 0 Å². The predicted molar refractivity (Wildman–Crippen MR) is 93.1 cm³/mol. The van der Waals surface area contributed by atoms with Crippen LogP contribution in [0.2, 0.25) is 6.32 Å². The maximum Gasteiger partial charge on any atom is 0.451 e. The molecule has 5 N–H and O–H groups in total. The number of hydrogen-bond acceptors (Lipinski definition) is 6. The number of rotatable bonds is 7. The van der Waals surface area contributed by atoms with Crippen molar-refractivity contribution in [3.63, 3.8) is 0 Å². The van der Waals surface area contributed by atoms with E-state index in [0.29, 0.717) is 0 Å². The molecule has 0 saturated carbocycles. The van der Waals surface area contributed by atoms with Crippen molar-refractivity contribution in [1.82, 2.24) is 8.61 Å². The van der Waals surface area contributed by atoms with Crippen molar-refractivity contribution in [3.8, 4) is 0 Å².